The summed E-state index contributed by atoms with van der Waals surface area (Å²) in [6.07, 6.45) is 3.10. The van der Waals surface area contributed by atoms with Crippen LogP contribution in [0, 0.1) is 0 Å². The molecule has 0 aliphatic carbocycles. The van der Waals surface area contributed by atoms with Crippen molar-refractivity contribution in [2.45, 2.75) is 0 Å². The zero-order valence-electron chi connectivity index (χ0n) is 13.1. The van der Waals surface area contributed by atoms with E-state index in [9.17, 15) is 4.79 Å². The van der Waals surface area contributed by atoms with Crippen LogP contribution in [0.5, 0.6) is 11.5 Å². The summed E-state index contributed by atoms with van der Waals surface area (Å²) in [5.41, 5.74) is 1.70. The monoisotopic (exact) mass is 355 g/mol. The summed E-state index contributed by atoms with van der Waals surface area (Å²) in [5, 5.41) is 3.18. The number of imidazole rings is 1. The molecule has 0 radical (unpaired) electrons. The molecule has 2 aromatic carbocycles. The molecule has 7 heteroatoms. The fraction of sp³-hybridized carbons (Fsp3) is 0.111. The molecule has 0 spiro atoms. The lowest BCUT2D eigenvalue weighted by atomic mass is 10.2. The van der Waals surface area contributed by atoms with E-state index in [1.54, 1.807) is 23.0 Å². The van der Waals surface area contributed by atoms with Crippen LogP contribution in [0.1, 0.15) is 10.5 Å². The van der Waals surface area contributed by atoms with Gasteiger partial charge in [-0.1, -0.05) is 29.8 Å². The number of rotatable bonds is 3. The predicted octanol–water partition coefficient (Wildman–Crippen LogP) is 3.55. The van der Waals surface area contributed by atoms with E-state index in [4.69, 9.17) is 21.1 Å². The molecular weight excluding hydrogens is 342 g/mol. The Morgan fingerprint density at radius 1 is 1.12 bits per heavy atom. The Kier molecular flexibility index (Phi) is 4.03. The van der Waals surface area contributed by atoms with Crippen LogP contribution in [0.4, 0.5) is 5.69 Å². The normalized spacial score (nSPS) is 12.7. The van der Waals surface area contributed by atoms with Gasteiger partial charge >= 0.3 is 0 Å². The van der Waals surface area contributed by atoms with E-state index in [0.29, 0.717) is 41.1 Å². The minimum Gasteiger partial charge on any atom is -0.486 e. The van der Waals surface area contributed by atoms with Gasteiger partial charge in [-0.3, -0.25) is 9.36 Å². The third kappa shape index (κ3) is 3.04. The van der Waals surface area contributed by atoms with Crippen molar-refractivity contribution in [1.29, 1.82) is 0 Å². The van der Waals surface area contributed by atoms with Crippen LogP contribution in [0.3, 0.4) is 0 Å². The van der Waals surface area contributed by atoms with Crippen molar-refractivity contribution in [1.82, 2.24) is 9.55 Å². The molecule has 0 saturated carbocycles. The van der Waals surface area contributed by atoms with Gasteiger partial charge in [-0.25, -0.2) is 4.98 Å². The van der Waals surface area contributed by atoms with Crippen LogP contribution < -0.4 is 14.8 Å². The third-order valence-corrected chi connectivity index (χ3v) is 4.10. The largest absolute Gasteiger partial charge is 0.486 e. The first-order chi connectivity index (χ1) is 12.2. The molecule has 2 heterocycles. The highest BCUT2D eigenvalue weighted by molar-refractivity contribution is 6.34. The molecule has 0 saturated heterocycles. The van der Waals surface area contributed by atoms with E-state index in [1.165, 1.54) is 6.20 Å². The number of hydrogen-bond donors (Lipinski definition) is 1. The van der Waals surface area contributed by atoms with E-state index in [1.807, 2.05) is 30.3 Å². The number of nitrogens with zero attached hydrogens (tertiary/aromatic N) is 2. The van der Waals surface area contributed by atoms with Crippen molar-refractivity contribution >= 4 is 23.2 Å². The fourth-order valence-corrected chi connectivity index (χ4v) is 2.80. The van der Waals surface area contributed by atoms with Crippen LogP contribution in [-0.2, 0) is 0 Å². The van der Waals surface area contributed by atoms with Crippen molar-refractivity contribution in [2.24, 2.45) is 0 Å². The number of ether oxygens (including phenoxy) is 2. The fourth-order valence-electron chi connectivity index (χ4n) is 2.60. The number of nitrogens with one attached hydrogen (secondary N) is 1. The second-order valence-electron chi connectivity index (χ2n) is 5.41. The van der Waals surface area contributed by atoms with Crippen molar-refractivity contribution in [3.05, 3.63) is 65.7 Å². The molecule has 1 amide bonds. The topological polar surface area (TPSA) is 65.4 Å². The average Bonchev–Trinajstić information content (AvgIpc) is 3.13. The molecule has 0 fully saturated rings. The molecule has 1 aromatic heterocycles. The van der Waals surface area contributed by atoms with Crippen molar-refractivity contribution in [3.8, 4) is 17.2 Å². The quantitative estimate of drug-likeness (QED) is 0.780. The molecule has 0 atom stereocenters. The zero-order valence-corrected chi connectivity index (χ0v) is 13.9. The number of anilines is 1. The van der Waals surface area contributed by atoms with Crippen molar-refractivity contribution in [2.75, 3.05) is 18.5 Å². The summed E-state index contributed by atoms with van der Waals surface area (Å²) in [5.74, 6) is 0.811. The minimum absolute atomic E-state index is 0.320. The predicted molar refractivity (Wildman–Crippen MR) is 94.0 cm³/mol. The number of carbonyl (C=O) groups is 1. The van der Waals surface area contributed by atoms with Crippen LogP contribution in [-0.4, -0.2) is 28.7 Å². The molecule has 0 unspecified atom stereocenters. The number of fused-ring (bicyclic) bond motifs is 1. The maximum Gasteiger partial charge on any atom is 0.274 e. The highest BCUT2D eigenvalue weighted by Gasteiger charge is 2.18. The average molecular weight is 356 g/mol. The number of hydrogen-bond acceptors (Lipinski definition) is 4. The van der Waals surface area contributed by atoms with Gasteiger partial charge in [0, 0.05) is 17.8 Å². The lowest BCUT2D eigenvalue weighted by Gasteiger charge is -2.20. The van der Waals surface area contributed by atoms with Gasteiger partial charge in [-0.05, 0) is 12.1 Å². The molecule has 1 aliphatic heterocycles. The Bertz CT molecular complexity index is 925. The Balaban J connectivity index is 1.63. The van der Waals surface area contributed by atoms with E-state index in [2.05, 4.69) is 10.3 Å². The molecule has 6 nitrogen and oxygen atoms in total. The Labute approximate surface area is 149 Å². The number of carbonyl (C=O) groups excluding carboxylic acids is 1. The smallest absolute Gasteiger partial charge is 0.274 e. The first-order valence-electron chi connectivity index (χ1n) is 7.70. The number of benzene rings is 2. The third-order valence-electron chi connectivity index (χ3n) is 3.79. The second-order valence-corrected chi connectivity index (χ2v) is 5.82. The number of amides is 1. The zero-order chi connectivity index (χ0) is 17.2. The van der Waals surface area contributed by atoms with Crippen LogP contribution in [0.2, 0.25) is 5.02 Å². The van der Waals surface area contributed by atoms with Crippen LogP contribution >= 0.6 is 11.6 Å². The first-order valence-corrected chi connectivity index (χ1v) is 8.08. The standard InChI is InChI=1S/C18H14ClN3O3/c19-13-8-16-17(25-7-6-24-16)9-14(13)21-18(23)15-10-20-11-22(15)12-4-2-1-3-5-12/h1-5,8-11H,6-7H2,(H,21,23). The Morgan fingerprint density at radius 3 is 2.60 bits per heavy atom. The second kappa shape index (κ2) is 6.49. The van der Waals surface area contributed by atoms with Crippen LogP contribution in [0.15, 0.2) is 55.0 Å². The molecule has 0 bridgehead atoms. The number of para-hydroxylation sites is 1. The Hall–Kier alpha value is -2.99. The molecule has 1 aliphatic rings. The molecule has 1 N–H and O–H groups in total. The highest BCUT2D eigenvalue weighted by Crippen LogP contribution is 2.38. The summed E-state index contributed by atoms with van der Waals surface area (Å²) >= 11 is 6.25. The van der Waals surface area contributed by atoms with E-state index in [-0.39, 0.29) is 5.91 Å². The van der Waals surface area contributed by atoms with Crippen molar-refractivity contribution < 1.29 is 14.3 Å². The van der Waals surface area contributed by atoms with E-state index in [0.717, 1.165) is 5.69 Å². The van der Waals surface area contributed by atoms with Gasteiger partial charge in [0.1, 0.15) is 18.9 Å². The molecule has 3 aromatic rings. The maximum atomic E-state index is 12.7. The van der Waals surface area contributed by atoms with Gasteiger partial charge in [0.25, 0.3) is 5.91 Å². The first kappa shape index (κ1) is 15.5. The van der Waals surface area contributed by atoms with Crippen LogP contribution in [0.25, 0.3) is 5.69 Å². The van der Waals surface area contributed by atoms with E-state index >= 15 is 0 Å². The summed E-state index contributed by atoms with van der Waals surface area (Å²) in [7, 11) is 0. The van der Waals surface area contributed by atoms with Gasteiger partial charge in [-0.15, -0.1) is 0 Å². The molecule has 4 rings (SSSR count). The molecular formula is C18H14ClN3O3. The number of aromatic nitrogens is 2. The van der Waals surface area contributed by atoms with Gasteiger partial charge in [-0.2, -0.15) is 0 Å². The maximum absolute atomic E-state index is 12.7. The molecule has 126 valence electrons. The van der Waals surface area contributed by atoms with Gasteiger partial charge in [0.05, 0.1) is 23.2 Å². The minimum atomic E-state index is -0.320. The van der Waals surface area contributed by atoms with Gasteiger partial charge in [0.15, 0.2) is 11.5 Å². The van der Waals surface area contributed by atoms with Crippen molar-refractivity contribution in [3.63, 3.8) is 0 Å². The van der Waals surface area contributed by atoms with Gasteiger partial charge in [0.2, 0.25) is 0 Å². The number of halogens is 1. The van der Waals surface area contributed by atoms with Gasteiger partial charge < -0.3 is 14.8 Å². The summed E-state index contributed by atoms with van der Waals surface area (Å²) in [6, 6.07) is 12.8. The summed E-state index contributed by atoms with van der Waals surface area (Å²) < 4.78 is 12.7. The molecule has 25 heavy (non-hydrogen) atoms. The lowest BCUT2D eigenvalue weighted by Crippen LogP contribution is -2.18. The lowest BCUT2D eigenvalue weighted by molar-refractivity contribution is 0.102. The summed E-state index contributed by atoms with van der Waals surface area (Å²) in [6.45, 7) is 0.939. The highest BCUT2D eigenvalue weighted by atomic mass is 35.5. The van der Waals surface area contributed by atoms with E-state index < -0.39 is 0 Å². The summed E-state index contributed by atoms with van der Waals surface area (Å²) in [4.78, 5) is 16.8. The SMILES string of the molecule is O=C(Nc1cc2c(cc1Cl)OCCO2)c1cncn1-c1ccccc1. The Morgan fingerprint density at radius 2 is 1.84 bits per heavy atom.